The lowest BCUT2D eigenvalue weighted by Crippen LogP contribution is -2.65. The Morgan fingerprint density at radius 3 is 1.87 bits per heavy atom. The van der Waals surface area contributed by atoms with Crippen molar-refractivity contribution in [1.82, 2.24) is 24.9 Å². The Morgan fingerprint density at radius 1 is 0.830 bits per heavy atom. The van der Waals surface area contributed by atoms with Gasteiger partial charge in [-0.2, -0.15) is 15.1 Å². The Kier molecular flexibility index (Phi) is 11.4. The smallest absolute Gasteiger partial charge is 0.440 e. The van der Waals surface area contributed by atoms with Crippen LogP contribution in [0.2, 0.25) is 0 Å². The summed E-state index contributed by atoms with van der Waals surface area (Å²) in [6.07, 6.45) is -6.96. The number of hydrogen-bond acceptors (Lipinski definition) is 12. The summed E-state index contributed by atoms with van der Waals surface area (Å²) in [7, 11) is 0. The number of carbonyl (C=O) groups is 5. The van der Waals surface area contributed by atoms with Crippen LogP contribution in [0, 0.1) is 0 Å². The van der Waals surface area contributed by atoms with Gasteiger partial charge in [-0.25, -0.2) is 34.6 Å². The molecule has 16 nitrogen and oxygen atoms in total. The summed E-state index contributed by atoms with van der Waals surface area (Å²) in [6, 6.07) is 8.50. The van der Waals surface area contributed by atoms with Gasteiger partial charge < -0.3 is 18.9 Å². The van der Waals surface area contributed by atoms with Crippen LogP contribution in [0.25, 0.3) is 0 Å². The third kappa shape index (κ3) is 8.25. The monoisotopic (exact) mass is 677 g/mol. The highest BCUT2D eigenvalue weighted by molar-refractivity contribution is 8.12. The molecule has 1 N–H and O–H groups in total. The highest BCUT2D eigenvalue weighted by Gasteiger charge is 2.67. The van der Waals surface area contributed by atoms with Gasteiger partial charge in [-0.3, -0.25) is 4.79 Å². The first-order chi connectivity index (χ1) is 21.8. The molecule has 0 radical (unpaired) electrons. The fourth-order valence-corrected chi connectivity index (χ4v) is 5.03. The molecule has 0 aliphatic carbocycles. The summed E-state index contributed by atoms with van der Waals surface area (Å²) in [5, 5.41) is 6.77. The minimum absolute atomic E-state index is 0.0137. The SMILES string of the molecule is CC(C)OC(=O)NN(SC1=NC2(C(=O)N(C(C)(C)C)N=C2c2ccccc2)N(C(=O)OC(C)C)N1C(=O)OC(C)C)C(=O)OC(C)C. The zero-order chi connectivity index (χ0) is 35.4. The van der Waals surface area contributed by atoms with E-state index in [0.29, 0.717) is 26.9 Å². The van der Waals surface area contributed by atoms with Gasteiger partial charge >= 0.3 is 30.3 Å². The van der Waals surface area contributed by atoms with Crippen LogP contribution in [-0.4, -0.2) is 96.2 Å². The summed E-state index contributed by atoms with van der Waals surface area (Å²) < 4.78 is 22.1. The number of hydrazine groups is 2. The van der Waals surface area contributed by atoms with Gasteiger partial charge in [0.2, 0.25) is 5.17 Å². The minimum Gasteiger partial charge on any atom is -0.446 e. The Bertz CT molecular complexity index is 1430. The molecule has 0 aromatic heterocycles. The highest BCUT2D eigenvalue weighted by atomic mass is 32.2. The topological polar surface area (TPSA) is 172 Å². The van der Waals surface area contributed by atoms with Crippen molar-refractivity contribution < 1.29 is 42.9 Å². The molecule has 1 spiro atoms. The van der Waals surface area contributed by atoms with Crippen LogP contribution in [0.1, 0.15) is 81.7 Å². The molecule has 258 valence electrons. The van der Waals surface area contributed by atoms with E-state index >= 15 is 0 Å². The second-order valence-corrected chi connectivity index (χ2v) is 13.5. The molecule has 0 fully saturated rings. The second kappa shape index (κ2) is 14.5. The maximum absolute atomic E-state index is 14.6. The first-order valence-electron chi connectivity index (χ1n) is 15.1. The molecule has 0 bridgehead atoms. The van der Waals surface area contributed by atoms with E-state index in [1.165, 1.54) is 0 Å². The number of ether oxygens (including phenoxy) is 4. The van der Waals surface area contributed by atoms with Crippen molar-refractivity contribution in [2.24, 2.45) is 10.1 Å². The molecule has 2 aliphatic rings. The molecule has 2 heterocycles. The van der Waals surface area contributed by atoms with E-state index in [1.807, 2.05) is 0 Å². The van der Waals surface area contributed by atoms with E-state index in [-0.39, 0.29) is 5.71 Å². The zero-order valence-electron chi connectivity index (χ0n) is 28.5. The van der Waals surface area contributed by atoms with E-state index in [9.17, 15) is 24.0 Å². The fraction of sp³-hybridized carbons (Fsp3) is 0.567. The van der Waals surface area contributed by atoms with Crippen molar-refractivity contribution in [1.29, 1.82) is 0 Å². The number of hydrazone groups is 1. The van der Waals surface area contributed by atoms with E-state index in [2.05, 4.69) is 15.5 Å². The number of nitrogens with zero attached hydrogens (tertiary/aromatic N) is 6. The summed E-state index contributed by atoms with van der Waals surface area (Å²) in [4.78, 5) is 73.2. The van der Waals surface area contributed by atoms with Crippen molar-refractivity contribution in [3.8, 4) is 0 Å². The van der Waals surface area contributed by atoms with E-state index in [1.54, 1.807) is 106 Å². The first-order valence-corrected chi connectivity index (χ1v) is 15.8. The summed E-state index contributed by atoms with van der Waals surface area (Å²) in [6.45, 7) is 17.9. The Hall–Kier alpha value is -4.54. The van der Waals surface area contributed by atoms with E-state index in [0.717, 1.165) is 10.0 Å². The minimum atomic E-state index is -2.36. The molecule has 1 aromatic carbocycles. The van der Waals surface area contributed by atoms with Crippen LogP contribution in [0.5, 0.6) is 0 Å². The Balaban J connectivity index is 2.35. The van der Waals surface area contributed by atoms with Gasteiger partial charge in [0, 0.05) is 5.56 Å². The lowest BCUT2D eigenvalue weighted by molar-refractivity contribution is -0.144. The maximum atomic E-state index is 14.6. The van der Waals surface area contributed by atoms with Crippen molar-refractivity contribution in [2.45, 2.75) is 112 Å². The Morgan fingerprint density at radius 2 is 1.36 bits per heavy atom. The second-order valence-electron chi connectivity index (χ2n) is 12.5. The number of amidine groups is 1. The third-order valence-corrected chi connectivity index (χ3v) is 6.73. The predicted octanol–water partition coefficient (Wildman–Crippen LogP) is 5.25. The first kappa shape index (κ1) is 36.9. The average Bonchev–Trinajstić information content (AvgIpc) is 3.42. The van der Waals surface area contributed by atoms with Crippen LogP contribution < -0.4 is 5.43 Å². The van der Waals surface area contributed by atoms with E-state index < -0.39 is 71.1 Å². The number of aliphatic imine (C=N–C) groups is 1. The van der Waals surface area contributed by atoms with Gasteiger partial charge in [0.25, 0.3) is 5.66 Å². The van der Waals surface area contributed by atoms with Crippen molar-refractivity contribution in [2.75, 3.05) is 0 Å². The van der Waals surface area contributed by atoms with Crippen molar-refractivity contribution >= 4 is 53.1 Å². The van der Waals surface area contributed by atoms with Gasteiger partial charge in [-0.15, -0.1) is 4.41 Å². The maximum Gasteiger partial charge on any atom is 0.440 e. The number of hydrogen-bond donors (Lipinski definition) is 1. The van der Waals surface area contributed by atoms with Gasteiger partial charge in [-0.1, -0.05) is 30.3 Å². The lowest BCUT2D eigenvalue weighted by Gasteiger charge is -2.37. The van der Waals surface area contributed by atoms with Gasteiger partial charge in [0.05, 0.1) is 41.9 Å². The molecule has 1 aromatic rings. The number of nitrogens with one attached hydrogen (secondary N) is 1. The van der Waals surface area contributed by atoms with Crippen LogP contribution in [-0.2, 0) is 23.7 Å². The summed E-state index contributed by atoms with van der Waals surface area (Å²) in [5.41, 5.74) is -0.625. The van der Waals surface area contributed by atoms with Crippen molar-refractivity contribution in [3.05, 3.63) is 35.9 Å². The lowest BCUT2D eigenvalue weighted by atomic mass is 9.96. The van der Waals surface area contributed by atoms with Gasteiger partial charge in [0.15, 0.2) is 0 Å². The molecule has 1 atom stereocenters. The van der Waals surface area contributed by atoms with Crippen molar-refractivity contribution in [3.63, 3.8) is 0 Å². The predicted molar refractivity (Wildman–Crippen MR) is 172 cm³/mol. The molecule has 17 heteroatoms. The number of rotatable bonds is 5. The standard InChI is InChI=1S/C30H43N7O9S/c1-17(2)43-25(39)33-37(28(42)46-20(7)8)47-24-31-30(36(27(41)45-19(5)6)34(24)26(40)44-18(3)4)22(21-15-13-12-14-16-21)32-35(23(30)38)29(9,10)11/h12-20H,1-11H3,(H,33,39). The van der Waals surface area contributed by atoms with Crippen LogP contribution in [0.4, 0.5) is 19.2 Å². The molecule has 47 heavy (non-hydrogen) atoms. The molecule has 3 rings (SSSR count). The molecule has 1 unspecified atom stereocenters. The summed E-state index contributed by atoms with van der Waals surface area (Å²) >= 11 is 0.377. The third-order valence-electron chi connectivity index (χ3n) is 5.88. The summed E-state index contributed by atoms with van der Waals surface area (Å²) in [5.74, 6) is -0.800. The fourth-order valence-electron chi connectivity index (χ4n) is 4.22. The van der Waals surface area contributed by atoms with Gasteiger partial charge in [-0.05, 0) is 76.2 Å². The molecule has 2 aliphatic heterocycles. The number of amides is 5. The quantitative estimate of drug-likeness (QED) is 0.246. The normalized spacial score (nSPS) is 17.9. The molecule has 0 saturated carbocycles. The number of benzene rings is 1. The van der Waals surface area contributed by atoms with Crippen LogP contribution >= 0.6 is 11.9 Å². The average molecular weight is 678 g/mol. The van der Waals surface area contributed by atoms with E-state index in [4.69, 9.17) is 18.9 Å². The molecular formula is C30H43N7O9S. The number of carbonyl (C=O) groups excluding carboxylic acids is 5. The largest absolute Gasteiger partial charge is 0.446 e. The molecule has 0 saturated heterocycles. The molecular weight excluding hydrogens is 634 g/mol. The highest BCUT2D eigenvalue weighted by Crippen LogP contribution is 2.43. The zero-order valence-corrected chi connectivity index (χ0v) is 29.3. The Labute approximate surface area is 278 Å². The van der Waals surface area contributed by atoms with Crippen LogP contribution in [0.15, 0.2) is 40.4 Å². The molecule has 5 amide bonds. The van der Waals surface area contributed by atoms with Gasteiger partial charge in [0.1, 0.15) is 5.71 Å². The van der Waals surface area contributed by atoms with Crippen LogP contribution in [0.3, 0.4) is 0 Å².